The second-order valence-electron chi connectivity index (χ2n) is 4.21. The Balaban J connectivity index is 2.38. The summed E-state index contributed by atoms with van der Waals surface area (Å²) >= 11 is 0. The van der Waals surface area contributed by atoms with Gasteiger partial charge in [0.1, 0.15) is 0 Å². The van der Waals surface area contributed by atoms with Crippen LogP contribution in [-0.4, -0.2) is 17.5 Å². The molecule has 2 aromatic carbocycles. The number of benzene rings is 2. The van der Waals surface area contributed by atoms with Gasteiger partial charge in [0, 0.05) is 0 Å². The number of hydrogen-bond acceptors (Lipinski definition) is 1. The molecular formula is C15H11F3O2. The number of rotatable bonds is 4. The molecule has 1 N–H and O–H groups in total. The molecule has 1 atom stereocenters. The van der Waals surface area contributed by atoms with E-state index < -0.39 is 18.6 Å². The van der Waals surface area contributed by atoms with Crippen LogP contribution in [0, 0.1) is 0 Å². The first kappa shape index (κ1) is 14.1. The van der Waals surface area contributed by atoms with E-state index in [2.05, 4.69) is 0 Å². The molecule has 0 saturated carbocycles. The minimum atomic E-state index is -3.08. The summed E-state index contributed by atoms with van der Waals surface area (Å²) in [5, 5.41) is 9.08. The molecule has 0 fully saturated rings. The van der Waals surface area contributed by atoms with Crippen LogP contribution < -0.4 is 0 Å². The van der Waals surface area contributed by atoms with Crippen LogP contribution in [0.4, 0.5) is 13.2 Å². The van der Waals surface area contributed by atoms with Crippen molar-refractivity contribution >= 4 is 5.97 Å². The van der Waals surface area contributed by atoms with Crippen molar-refractivity contribution < 1.29 is 23.1 Å². The predicted molar refractivity (Wildman–Crippen MR) is 68.7 cm³/mol. The Hall–Kier alpha value is -2.30. The first-order valence-electron chi connectivity index (χ1n) is 5.85. The fraction of sp³-hybridized carbons (Fsp3) is 0.133. The Morgan fingerprint density at radius 3 is 2.10 bits per heavy atom. The number of hydrogen-bond donors (Lipinski definition) is 1. The summed E-state index contributed by atoms with van der Waals surface area (Å²) in [6.07, 6.45) is -5.41. The molecule has 2 aromatic rings. The fourth-order valence-corrected chi connectivity index (χ4v) is 1.91. The smallest absolute Gasteiger partial charge is 0.336 e. The van der Waals surface area contributed by atoms with Crippen molar-refractivity contribution in [2.45, 2.75) is 12.6 Å². The third kappa shape index (κ3) is 2.82. The molecule has 5 heteroatoms. The fourth-order valence-electron chi connectivity index (χ4n) is 1.91. The minimum absolute atomic E-state index is 0.103. The molecule has 0 aliphatic carbocycles. The Bertz CT molecular complexity index is 609. The summed E-state index contributed by atoms with van der Waals surface area (Å²) in [6.45, 7) is 0. The summed E-state index contributed by atoms with van der Waals surface area (Å²) in [5.41, 5.74) is 0.967. The van der Waals surface area contributed by atoms with Crippen LogP contribution in [0.25, 0.3) is 11.1 Å². The van der Waals surface area contributed by atoms with Gasteiger partial charge in [-0.3, -0.25) is 0 Å². The third-order valence-corrected chi connectivity index (χ3v) is 2.92. The van der Waals surface area contributed by atoms with Crippen molar-refractivity contribution in [3.05, 3.63) is 59.7 Å². The number of carbonyl (C=O) groups is 1. The highest BCUT2D eigenvalue weighted by Crippen LogP contribution is 2.29. The van der Waals surface area contributed by atoms with Gasteiger partial charge in [0.05, 0.1) is 5.56 Å². The molecule has 0 aliphatic rings. The van der Waals surface area contributed by atoms with Gasteiger partial charge in [-0.05, 0) is 22.8 Å². The summed E-state index contributed by atoms with van der Waals surface area (Å²) in [5.74, 6) is -1.08. The van der Waals surface area contributed by atoms with E-state index in [1.807, 2.05) is 0 Å². The molecule has 0 aromatic heterocycles. The molecule has 0 amide bonds. The predicted octanol–water partition coefficient (Wildman–Crippen LogP) is 4.33. The zero-order valence-corrected chi connectivity index (χ0v) is 10.3. The molecule has 20 heavy (non-hydrogen) atoms. The van der Waals surface area contributed by atoms with Crippen molar-refractivity contribution in [1.29, 1.82) is 0 Å². The highest BCUT2D eigenvalue weighted by Gasteiger charge is 2.21. The van der Waals surface area contributed by atoms with E-state index >= 15 is 0 Å². The van der Waals surface area contributed by atoms with E-state index in [0.29, 0.717) is 11.1 Å². The van der Waals surface area contributed by atoms with Gasteiger partial charge in [-0.15, -0.1) is 0 Å². The Labute approximate surface area is 113 Å². The lowest BCUT2D eigenvalue weighted by molar-refractivity contribution is 0.0496. The number of alkyl halides is 3. The van der Waals surface area contributed by atoms with Crippen LogP contribution in [0.5, 0.6) is 0 Å². The van der Waals surface area contributed by atoms with Crippen LogP contribution in [-0.2, 0) is 0 Å². The van der Waals surface area contributed by atoms with E-state index in [0.717, 1.165) is 0 Å². The van der Waals surface area contributed by atoms with Crippen molar-refractivity contribution in [3.8, 4) is 11.1 Å². The van der Waals surface area contributed by atoms with Gasteiger partial charge in [-0.2, -0.15) is 0 Å². The molecule has 0 radical (unpaired) electrons. The van der Waals surface area contributed by atoms with E-state index in [4.69, 9.17) is 5.11 Å². The average molecular weight is 280 g/mol. The first-order chi connectivity index (χ1) is 9.50. The quantitative estimate of drug-likeness (QED) is 0.905. The lowest BCUT2D eigenvalue weighted by Gasteiger charge is -2.10. The Morgan fingerprint density at radius 1 is 0.950 bits per heavy atom. The van der Waals surface area contributed by atoms with Gasteiger partial charge < -0.3 is 5.11 Å². The second-order valence-corrected chi connectivity index (χ2v) is 4.21. The number of halogens is 3. The van der Waals surface area contributed by atoms with E-state index in [1.165, 1.54) is 30.3 Å². The zero-order valence-electron chi connectivity index (χ0n) is 10.3. The van der Waals surface area contributed by atoms with Crippen LogP contribution in [0.15, 0.2) is 48.5 Å². The van der Waals surface area contributed by atoms with Crippen LogP contribution in [0.1, 0.15) is 22.1 Å². The van der Waals surface area contributed by atoms with Gasteiger partial charge in [-0.1, -0.05) is 42.5 Å². The maximum Gasteiger partial charge on any atom is 0.336 e. The summed E-state index contributed by atoms with van der Waals surface area (Å²) in [6, 6.07) is 11.7. The third-order valence-electron chi connectivity index (χ3n) is 2.92. The molecule has 104 valence electrons. The molecular weight excluding hydrogens is 269 g/mol. The molecule has 0 aliphatic heterocycles. The lowest BCUT2D eigenvalue weighted by Crippen LogP contribution is -2.03. The topological polar surface area (TPSA) is 37.3 Å². The van der Waals surface area contributed by atoms with Gasteiger partial charge in [-0.25, -0.2) is 18.0 Å². The van der Waals surface area contributed by atoms with Crippen molar-refractivity contribution in [1.82, 2.24) is 0 Å². The summed E-state index contributed by atoms with van der Waals surface area (Å²) in [7, 11) is 0. The van der Waals surface area contributed by atoms with Gasteiger partial charge in [0.2, 0.25) is 0 Å². The SMILES string of the molecule is O=C(O)c1ccccc1-c1ccc(C(F)C(F)F)cc1. The number of carboxylic acid groups (broad SMARTS) is 1. The molecule has 1 unspecified atom stereocenters. The zero-order chi connectivity index (χ0) is 14.7. The number of aromatic carboxylic acids is 1. The standard InChI is InChI=1S/C15H11F3O2/c16-13(14(17)18)10-7-5-9(6-8-10)11-3-1-2-4-12(11)15(19)20/h1-8,13-14H,(H,19,20). The Kier molecular flexibility index (Phi) is 4.08. The van der Waals surface area contributed by atoms with Crippen molar-refractivity contribution in [2.75, 3.05) is 0 Å². The second kappa shape index (κ2) is 5.77. The van der Waals surface area contributed by atoms with Gasteiger partial charge in [0.25, 0.3) is 6.43 Å². The molecule has 0 bridgehead atoms. The minimum Gasteiger partial charge on any atom is -0.478 e. The summed E-state index contributed by atoms with van der Waals surface area (Å²) < 4.78 is 37.7. The van der Waals surface area contributed by atoms with Crippen molar-refractivity contribution in [3.63, 3.8) is 0 Å². The van der Waals surface area contributed by atoms with Crippen LogP contribution >= 0.6 is 0 Å². The van der Waals surface area contributed by atoms with Crippen molar-refractivity contribution in [2.24, 2.45) is 0 Å². The normalized spacial score (nSPS) is 12.4. The van der Waals surface area contributed by atoms with E-state index in [1.54, 1.807) is 18.2 Å². The Morgan fingerprint density at radius 2 is 1.55 bits per heavy atom. The first-order valence-corrected chi connectivity index (χ1v) is 5.85. The monoisotopic (exact) mass is 280 g/mol. The average Bonchev–Trinajstić information content (AvgIpc) is 2.46. The molecule has 0 heterocycles. The maximum atomic E-state index is 13.2. The van der Waals surface area contributed by atoms with Crippen LogP contribution in [0.2, 0.25) is 0 Å². The molecule has 0 spiro atoms. The summed E-state index contributed by atoms with van der Waals surface area (Å²) in [4.78, 5) is 11.1. The highest BCUT2D eigenvalue weighted by atomic mass is 19.3. The maximum absolute atomic E-state index is 13.2. The highest BCUT2D eigenvalue weighted by molar-refractivity contribution is 5.95. The largest absolute Gasteiger partial charge is 0.478 e. The molecule has 0 saturated heterocycles. The van der Waals surface area contributed by atoms with Gasteiger partial charge >= 0.3 is 5.97 Å². The van der Waals surface area contributed by atoms with Crippen LogP contribution in [0.3, 0.4) is 0 Å². The van der Waals surface area contributed by atoms with E-state index in [-0.39, 0.29) is 11.1 Å². The molecule has 2 nitrogen and oxygen atoms in total. The molecule has 2 rings (SSSR count). The lowest BCUT2D eigenvalue weighted by atomic mass is 9.98. The number of carboxylic acids is 1. The van der Waals surface area contributed by atoms with E-state index in [9.17, 15) is 18.0 Å². The van der Waals surface area contributed by atoms with Gasteiger partial charge in [0.15, 0.2) is 6.17 Å².